The van der Waals surface area contributed by atoms with E-state index in [0.717, 1.165) is 6.29 Å². The Morgan fingerprint density at radius 1 is 0.920 bits per heavy atom. The summed E-state index contributed by atoms with van der Waals surface area (Å²) in [6, 6.07) is 0. The summed E-state index contributed by atoms with van der Waals surface area (Å²) in [5, 5.41) is 87.2. The molecule has 4 aliphatic carbocycles. The lowest BCUT2D eigenvalue weighted by molar-refractivity contribution is -0.345. The summed E-state index contributed by atoms with van der Waals surface area (Å²) in [5.74, 6) is -1.58. The smallest absolute Gasteiger partial charge is 0.331 e. The highest BCUT2D eigenvalue weighted by Crippen LogP contribution is 2.70. The third-order valence-corrected chi connectivity index (χ3v) is 13.9. The summed E-state index contributed by atoms with van der Waals surface area (Å²) in [6.07, 6.45) is -7.56. The minimum atomic E-state index is -1.64. The minimum absolute atomic E-state index is 0.0208. The molecule has 15 nitrogen and oxygen atoms in total. The quantitative estimate of drug-likeness (QED) is 0.0858. The van der Waals surface area contributed by atoms with Crippen LogP contribution in [0.15, 0.2) is 11.6 Å². The molecule has 3 heterocycles. The third kappa shape index (κ3) is 5.46. The van der Waals surface area contributed by atoms with E-state index >= 15 is 0 Å². The minimum Gasteiger partial charge on any atom is -0.458 e. The van der Waals surface area contributed by atoms with E-state index in [1.807, 2.05) is 6.92 Å². The molecule has 2 saturated heterocycles. The number of hydrogen-bond acceptors (Lipinski definition) is 15. The van der Waals surface area contributed by atoms with E-state index in [4.69, 9.17) is 23.7 Å². The second-order valence-corrected chi connectivity index (χ2v) is 16.3. The molecule has 0 amide bonds. The van der Waals surface area contributed by atoms with Crippen molar-refractivity contribution >= 4 is 12.3 Å². The molecule has 0 aromatic rings. The summed E-state index contributed by atoms with van der Waals surface area (Å²) in [5.41, 5.74) is -3.92. The molecular formula is C35H52O15. The molecule has 18 atom stereocenters. The van der Waals surface area contributed by atoms with Crippen LogP contribution in [0.25, 0.3) is 0 Å². The lowest BCUT2D eigenvalue weighted by atomic mass is 9.41. The average molecular weight is 713 g/mol. The van der Waals surface area contributed by atoms with Crippen molar-refractivity contribution in [1.82, 2.24) is 0 Å². The maximum atomic E-state index is 13.2. The number of aliphatic hydroxyl groups excluding tert-OH is 6. The summed E-state index contributed by atoms with van der Waals surface area (Å²) >= 11 is 0. The van der Waals surface area contributed by atoms with Crippen molar-refractivity contribution in [3.8, 4) is 0 Å². The molecule has 0 aromatic heterocycles. The average Bonchev–Trinajstić information content (AvgIpc) is 3.57. The fourth-order valence-electron chi connectivity index (χ4n) is 11.4. The summed E-state index contributed by atoms with van der Waals surface area (Å²) in [4.78, 5) is 25.1. The van der Waals surface area contributed by atoms with Crippen molar-refractivity contribution in [2.45, 2.75) is 150 Å². The van der Waals surface area contributed by atoms with Gasteiger partial charge in [0, 0.05) is 36.7 Å². The van der Waals surface area contributed by atoms with Gasteiger partial charge in [-0.3, -0.25) is 0 Å². The lowest BCUT2D eigenvalue weighted by Crippen LogP contribution is -2.69. The predicted octanol–water partition coefficient (Wildman–Crippen LogP) is -1.43. The molecule has 15 heteroatoms. The highest BCUT2D eigenvalue weighted by atomic mass is 16.7. The normalized spacial score (nSPS) is 55.0. The zero-order valence-corrected chi connectivity index (χ0v) is 28.5. The first kappa shape index (κ1) is 36.7. The largest absolute Gasteiger partial charge is 0.458 e. The van der Waals surface area contributed by atoms with Crippen LogP contribution in [-0.4, -0.2) is 145 Å². The first-order chi connectivity index (χ1) is 23.6. The van der Waals surface area contributed by atoms with Crippen LogP contribution >= 0.6 is 0 Å². The van der Waals surface area contributed by atoms with Gasteiger partial charge in [0.15, 0.2) is 12.6 Å². The Labute approximate surface area is 290 Å². The van der Waals surface area contributed by atoms with Crippen molar-refractivity contribution < 1.29 is 74.1 Å². The van der Waals surface area contributed by atoms with Gasteiger partial charge in [0.2, 0.25) is 0 Å². The molecule has 0 aromatic carbocycles. The molecule has 50 heavy (non-hydrogen) atoms. The van der Waals surface area contributed by atoms with Crippen LogP contribution in [0.4, 0.5) is 0 Å². The van der Waals surface area contributed by atoms with Crippen molar-refractivity contribution in [2.75, 3.05) is 13.2 Å². The summed E-state index contributed by atoms with van der Waals surface area (Å²) in [7, 11) is 0. The van der Waals surface area contributed by atoms with Gasteiger partial charge in [-0.25, -0.2) is 4.79 Å². The Morgan fingerprint density at radius 3 is 2.32 bits per heavy atom. The van der Waals surface area contributed by atoms with Crippen LogP contribution in [-0.2, 0) is 33.3 Å². The molecule has 8 N–H and O–H groups in total. The van der Waals surface area contributed by atoms with Crippen molar-refractivity contribution in [3.05, 3.63) is 11.6 Å². The predicted molar refractivity (Wildman–Crippen MR) is 167 cm³/mol. The van der Waals surface area contributed by atoms with E-state index in [1.54, 1.807) is 6.92 Å². The maximum absolute atomic E-state index is 13.2. The van der Waals surface area contributed by atoms with Gasteiger partial charge in [-0.2, -0.15) is 0 Å². The number of rotatable bonds is 7. The molecule has 0 radical (unpaired) electrons. The van der Waals surface area contributed by atoms with Crippen LogP contribution < -0.4 is 0 Å². The van der Waals surface area contributed by atoms with Gasteiger partial charge in [-0.15, -0.1) is 0 Å². The Morgan fingerprint density at radius 2 is 1.66 bits per heavy atom. The van der Waals surface area contributed by atoms with E-state index in [1.165, 1.54) is 6.08 Å². The molecule has 7 rings (SSSR count). The van der Waals surface area contributed by atoms with Crippen LogP contribution in [0.3, 0.4) is 0 Å². The number of hydrogen-bond donors (Lipinski definition) is 8. The highest BCUT2D eigenvalue weighted by Gasteiger charge is 2.73. The Balaban J connectivity index is 1.01. The zero-order valence-electron chi connectivity index (χ0n) is 28.5. The maximum Gasteiger partial charge on any atom is 0.331 e. The van der Waals surface area contributed by atoms with Crippen molar-refractivity contribution in [3.63, 3.8) is 0 Å². The van der Waals surface area contributed by atoms with Crippen molar-refractivity contribution in [1.29, 1.82) is 0 Å². The monoisotopic (exact) mass is 712 g/mol. The number of ether oxygens (including phenoxy) is 5. The van der Waals surface area contributed by atoms with Gasteiger partial charge in [0.1, 0.15) is 43.4 Å². The lowest BCUT2D eigenvalue weighted by Gasteiger charge is -2.65. The Bertz CT molecular complexity index is 1330. The molecule has 7 aliphatic rings. The highest BCUT2D eigenvalue weighted by molar-refractivity contribution is 5.85. The Hall–Kier alpha value is -1.60. The van der Waals surface area contributed by atoms with Crippen LogP contribution in [0.5, 0.6) is 0 Å². The fourth-order valence-corrected chi connectivity index (χ4v) is 11.4. The molecule has 4 saturated carbocycles. The number of fused-ring (bicyclic) bond motifs is 5. The van der Waals surface area contributed by atoms with Gasteiger partial charge in [-0.1, -0.05) is 6.92 Å². The van der Waals surface area contributed by atoms with E-state index in [0.29, 0.717) is 37.7 Å². The molecule has 3 aliphatic heterocycles. The number of cyclic esters (lactones) is 1. The number of aldehydes is 1. The number of aliphatic hydroxyl groups is 8. The standard InChI is InChI=1S/C35H52O15/c1-16-30(50-31-29(43)28(42)27(41)23(13-36)49-31)21(38)10-25(47-16)48-18-3-7-33(15-37)19-4-6-32(2)26(17-9-24(40)46-14-17)22(39)12-35(32,45)20(19)5-8-34(33,44)11-18/h9,15-16,18-23,25-31,36,38-39,41-45H,3-8,10-14H2,1-2H3/t16-,18+,19+,20-,21+,22?,23-,25+,26+,27-,28+,29-,30+,31+,32-,33+,34+,35+/m1/s1. The SMILES string of the molecule is C[C@H]1O[C@@H](O[C@H]2CC[C@]3(C=O)[C@H]4CC[C@]5(C)[C@@H](C6=CC(=O)OC6)C(O)C[C@]5(O)[C@@H]4CC[C@]3(O)C2)C[C@H](O)[C@H]1O[C@@H]1O[C@H](CO)[C@@H](O)[C@H](O)[C@H]1O. The molecular weight excluding hydrogens is 660 g/mol. The van der Waals surface area contributed by atoms with Gasteiger partial charge in [0.05, 0.1) is 47.6 Å². The third-order valence-electron chi connectivity index (χ3n) is 13.9. The van der Waals surface area contributed by atoms with Gasteiger partial charge >= 0.3 is 5.97 Å². The van der Waals surface area contributed by atoms with Crippen LogP contribution in [0.2, 0.25) is 0 Å². The van der Waals surface area contributed by atoms with E-state index in [9.17, 15) is 50.4 Å². The zero-order chi connectivity index (χ0) is 36.0. The number of carbonyl (C=O) groups excluding carboxylic acids is 2. The fraction of sp³-hybridized carbons (Fsp3) is 0.886. The molecule has 0 spiro atoms. The first-order valence-electron chi connectivity index (χ1n) is 18.0. The van der Waals surface area contributed by atoms with Gasteiger partial charge < -0.3 is 69.3 Å². The molecule has 1 unspecified atom stereocenters. The van der Waals surface area contributed by atoms with E-state index in [-0.39, 0.29) is 44.1 Å². The summed E-state index contributed by atoms with van der Waals surface area (Å²) < 4.78 is 28.7. The second kappa shape index (κ2) is 13.1. The number of esters is 1. The molecule has 6 fully saturated rings. The summed E-state index contributed by atoms with van der Waals surface area (Å²) in [6.45, 7) is 3.07. The number of carbonyl (C=O) groups is 2. The van der Waals surface area contributed by atoms with Crippen molar-refractivity contribution in [2.24, 2.45) is 28.6 Å². The van der Waals surface area contributed by atoms with E-state index < -0.39 is 108 Å². The second-order valence-electron chi connectivity index (χ2n) is 16.3. The first-order valence-corrected chi connectivity index (χ1v) is 18.0. The van der Waals surface area contributed by atoms with Gasteiger partial charge in [0.25, 0.3) is 0 Å². The topological polar surface area (TPSA) is 242 Å². The van der Waals surface area contributed by atoms with Crippen LogP contribution in [0.1, 0.15) is 71.6 Å². The van der Waals surface area contributed by atoms with Gasteiger partial charge in [-0.05, 0) is 62.9 Å². The molecule has 0 bridgehead atoms. The van der Waals surface area contributed by atoms with Crippen LogP contribution in [0, 0.1) is 28.6 Å². The molecule has 282 valence electrons. The Kier molecular flexibility index (Phi) is 9.60. The van der Waals surface area contributed by atoms with E-state index in [2.05, 4.69) is 0 Å².